The summed E-state index contributed by atoms with van der Waals surface area (Å²) in [6.07, 6.45) is 10.5. The van der Waals surface area contributed by atoms with Crippen LogP contribution in [-0.2, 0) is 4.74 Å². The van der Waals surface area contributed by atoms with Crippen molar-refractivity contribution in [2.24, 2.45) is 17.8 Å². The fourth-order valence-electron chi connectivity index (χ4n) is 3.64. The number of fused-ring (bicyclic) bond motifs is 1. The minimum atomic E-state index is 0.846. The lowest BCUT2D eigenvalue weighted by Gasteiger charge is -2.39. The van der Waals surface area contributed by atoms with E-state index in [-0.39, 0.29) is 0 Å². The molecule has 3 unspecified atom stereocenters. The zero-order valence-corrected chi connectivity index (χ0v) is 10.7. The highest BCUT2D eigenvalue weighted by molar-refractivity contribution is 4.83. The Labute approximate surface area is 100 Å². The smallest absolute Gasteiger partial charge is 0.0587 e. The SMILES string of the molecule is COCCNCC1CCC2CCCCC2C1. The van der Waals surface area contributed by atoms with Gasteiger partial charge in [0.05, 0.1) is 6.61 Å². The Morgan fingerprint density at radius 2 is 1.88 bits per heavy atom. The molecule has 0 heterocycles. The first-order valence-corrected chi connectivity index (χ1v) is 7.10. The molecule has 0 bridgehead atoms. The lowest BCUT2D eigenvalue weighted by Crippen LogP contribution is -2.33. The van der Waals surface area contributed by atoms with Crippen LogP contribution in [0, 0.1) is 17.8 Å². The zero-order valence-electron chi connectivity index (χ0n) is 10.7. The Bertz CT molecular complexity index is 195. The lowest BCUT2D eigenvalue weighted by molar-refractivity contribution is 0.126. The average molecular weight is 225 g/mol. The highest BCUT2D eigenvalue weighted by atomic mass is 16.5. The number of ether oxygens (including phenoxy) is 1. The van der Waals surface area contributed by atoms with Crippen LogP contribution in [0.25, 0.3) is 0 Å². The number of rotatable bonds is 5. The number of hydrogen-bond acceptors (Lipinski definition) is 2. The number of methoxy groups -OCH3 is 1. The Morgan fingerprint density at radius 3 is 2.69 bits per heavy atom. The third-order valence-corrected chi connectivity index (χ3v) is 4.56. The third kappa shape index (κ3) is 3.46. The molecule has 2 fully saturated rings. The van der Waals surface area contributed by atoms with Gasteiger partial charge in [0.2, 0.25) is 0 Å². The molecule has 1 N–H and O–H groups in total. The fraction of sp³-hybridized carbons (Fsp3) is 1.00. The average Bonchev–Trinajstić information content (AvgIpc) is 2.34. The molecule has 0 radical (unpaired) electrons. The largest absolute Gasteiger partial charge is 0.383 e. The molecule has 0 aromatic rings. The Morgan fingerprint density at radius 1 is 1.06 bits per heavy atom. The van der Waals surface area contributed by atoms with Crippen LogP contribution in [0.5, 0.6) is 0 Å². The molecular weight excluding hydrogens is 198 g/mol. The van der Waals surface area contributed by atoms with E-state index in [0.29, 0.717) is 0 Å². The third-order valence-electron chi connectivity index (χ3n) is 4.56. The Hall–Kier alpha value is -0.0800. The van der Waals surface area contributed by atoms with E-state index >= 15 is 0 Å². The molecule has 2 nitrogen and oxygen atoms in total. The highest BCUT2D eigenvalue weighted by Gasteiger charge is 2.31. The maximum absolute atomic E-state index is 5.05. The Balaban J connectivity index is 1.65. The predicted octanol–water partition coefficient (Wildman–Crippen LogP) is 2.83. The molecule has 0 aliphatic heterocycles. The highest BCUT2D eigenvalue weighted by Crippen LogP contribution is 2.42. The quantitative estimate of drug-likeness (QED) is 0.726. The van der Waals surface area contributed by atoms with Crippen molar-refractivity contribution in [3.05, 3.63) is 0 Å². The summed E-state index contributed by atoms with van der Waals surface area (Å²) < 4.78 is 5.05. The van der Waals surface area contributed by atoms with E-state index in [1.807, 2.05) is 0 Å². The lowest BCUT2D eigenvalue weighted by atomic mass is 9.67. The summed E-state index contributed by atoms with van der Waals surface area (Å²) in [5.74, 6) is 3.09. The molecule has 94 valence electrons. The van der Waals surface area contributed by atoms with Crippen LogP contribution in [0.1, 0.15) is 44.9 Å². The van der Waals surface area contributed by atoms with Crippen molar-refractivity contribution in [2.45, 2.75) is 44.9 Å². The van der Waals surface area contributed by atoms with Gasteiger partial charge >= 0.3 is 0 Å². The van der Waals surface area contributed by atoms with Crippen molar-refractivity contribution >= 4 is 0 Å². The van der Waals surface area contributed by atoms with Gasteiger partial charge in [0, 0.05) is 13.7 Å². The molecule has 3 atom stereocenters. The molecule has 0 amide bonds. The summed E-state index contributed by atoms with van der Waals surface area (Å²) in [4.78, 5) is 0. The molecule has 2 aliphatic carbocycles. The summed E-state index contributed by atoms with van der Waals surface area (Å²) in [6.45, 7) is 3.08. The van der Waals surface area contributed by atoms with Crippen molar-refractivity contribution in [1.82, 2.24) is 5.32 Å². The molecule has 0 aromatic carbocycles. The van der Waals surface area contributed by atoms with E-state index in [4.69, 9.17) is 4.74 Å². The number of hydrogen-bond donors (Lipinski definition) is 1. The van der Waals surface area contributed by atoms with Gasteiger partial charge < -0.3 is 10.1 Å². The molecule has 0 spiro atoms. The summed E-state index contributed by atoms with van der Waals surface area (Å²) in [5.41, 5.74) is 0. The van der Waals surface area contributed by atoms with Crippen molar-refractivity contribution in [1.29, 1.82) is 0 Å². The summed E-state index contributed by atoms with van der Waals surface area (Å²) in [5, 5.41) is 3.53. The van der Waals surface area contributed by atoms with Crippen LogP contribution in [0.2, 0.25) is 0 Å². The van der Waals surface area contributed by atoms with E-state index < -0.39 is 0 Å². The van der Waals surface area contributed by atoms with E-state index in [2.05, 4.69) is 5.32 Å². The second kappa shape index (κ2) is 6.61. The van der Waals surface area contributed by atoms with E-state index in [9.17, 15) is 0 Å². The van der Waals surface area contributed by atoms with Gasteiger partial charge in [0.1, 0.15) is 0 Å². The molecular formula is C14H27NO. The minimum Gasteiger partial charge on any atom is -0.383 e. The van der Waals surface area contributed by atoms with Crippen molar-refractivity contribution < 1.29 is 4.74 Å². The van der Waals surface area contributed by atoms with Gasteiger partial charge in [-0.15, -0.1) is 0 Å². The first-order valence-electron chi connectivity index (χ1n) is 7.10. The van der Waals surface area contributed by atoms with Gasteiger partial charge in [0.25, 0.3) is 0 Å². The molecule has 2 saturated carbocycles. The van der Waals surface area contributed by atoms with E-state index in [1.165, 1.54) is 51.5 Å². The van der Waals surface area contributed by atoms with Crippen LogP contribution in [0.15, 0.2) is 0 Å². The van der Waals surface area contributed by atoms with Gasteiger partial charge in [-0.25, -0.2) is 0 Å². The summed E-state index contributed by atoms with van der Waals surface area (Å²) in [6, 6.07) is 0. The molecule has 2 rings (SSSR count). The summed E-state index contributed by atoms with van der Waals surface area (Å²) >= 11 is 0. The molecule has 0 aromatic heterocycles. The Kier molecular flexibility index (Phi) is 5.11. The van der Waals surface area contributed by atoms with Crippen LogP contribution in [0.3, 0.4) is 0 Å². The first kappa shape index (κ1) is 12.4. The van der Waals surface area contributed by atoms with Crippen molar-refractivity contribution in [2.75, 3.05) is 26.8 Å². The van der Waals surface area contributed by atoms with Crippen LogP contribution < -0.4 is 5.32 Å². The molecule has 2 heteroatoms. The monoisotopic (exact) mass is 225 g/mol. The molecule has 0 saturated heterocycles. The van der Waals surface area contributed by atoms with Gasteiger partial charge in [-0.3, -0.25) is 0 Å². The normalized spacial score (nSPS) is 34.7. The van der Waals surface area contributed by atoms with Gasteiger partial charge in [0.15, 0.2) is 0 Å². The molecule has 16 heavy (non-hydrogen) atoms. The standard InChI is InChI=1S/C14H27NO/c1-16-9-8-15-11-12-6-7-13-4-2-3-5-14(13)10-12/h12-15H,2-11H2,1H3. The fourth-order valence-corrected chi connectivity index (χ4v) is 3.64. The van der Waals surface area contributed by atoms with Crippen LogP contribution in [-0.4, -0.2) is 26.8 Å². The maximum Gasteiger partial charge on any atom is 0.0587 e. The van der Waals surface area contributed by atoms with E-state index in [0.717, 1.165) is 30.9 Å². The molecule has 2 aliphatic rings. The van der Waals surface area contributed by atoms with Crippen LogP contribution >= 0.6 is 0 Å². The van der Waals surface area contributed by atoms with Crippen LogP contribution in [0.4, 0.5) is 0 Å². The maximum atomic E-state index is 5.05. The van der Waals surface area contributed by atoms with Gasteiger partial charge in [-0.05, 0) is 43.6 Å². The zero-order chi connectivity index (χ0) is 11.2. The topological polar surface area (TPSA) is 21.3 Å². The second-order valence-electron chi connectivity index (χ2n) is 5.68. The van der Waals surface area contributed by atoms with Crippen molar-refractivity contribution in [3.63, 3.8) is 0 Å². The predicted molar refractivity (Wildman–Crippen MR) is 67.5 cm³/mol. The summed E-state index contributed by atoms with van der Waals surface area (Å²) in [7, 11) is 1.77. The number of nitrogens with one attached hydrogen (secondary N) is 1. The van der Waals surface area contributed by atoms with Crippen molar-refractivity contribution in [3.8, 4) is 0 Å². The first-order chi connectivity index (χ1) is 7.90. The van der Waals surface area contributed by atoms with Gasteiger partial charge in [-0.2, -0.15) is 0 Å². The van der Waals surface area contributed by atoms with E-state index in [1.54, 1.807) is 7.11 Å². The minimum absolute atomic E-state index is 0.846. The van der Waals surface area contributed by atoms with Gasteiger partial charge in [-0.1, -0.05) is 25.7 Å². The second-order valence-corrected chi connectivity index (χ2v) is 5.68.